The molecule has 0 amide bonds. The van der Waals surface area contributed by atoms with Crippen molar-refractivity contribution in [3.8, 4) is 5.75 Å². The Hall–Kier alpha value is -2.50. The van der Waals surface area contributed by atoms with Crippen molar-refractivity contribution in [1.29, 1.82) is 0 Å². The van der Waals surface area contributed by atoms with Crippen LogP contribution < -0.4 is 21.1 Å². The predicted octanol–water partition coefficient (Wildman–Crippen LogP) is 1.98. The molecule has 4 N–H and O–H groups in total. The average Bonchev–Trinajstić information content (AvgIpc) is 2.47. The third kappa shape index (κ3) is 4.31. The number of nitrogens with two attached hydrogens (primary N) is 1. The zero-order valence-electron chi connectivity index (χ0n) is 11.5. The highest BCUT2D eigenvalue weighted by molar-refractivity contribution is 5.50. The molecule has 1 heterocycles. The van der Waals surface area contributed by atoms with Gasteiger partial charge < -0.3 is 21.1 Å². The molecule has 0 atom stereocenters. The summed E-state index contributed by atoms with van der Waals surface area (Å²) in [5.41, 5.74) is 5.61. The van der Waals surface area contributed by atoms with Crippen molar-refractivity contribution in [2.75, 3.05) is 36.6 Å². The maximum absolute atomic E-state index is 5.61. The fourth-order valence-electron chi connectivity index (χ4n) is 1.68. The van der Waals surface area contributed by atoms with E-state index in [1.165, 1.54) is 0 Å². The van der Waals surface area contributed by atoms with Gasteiger partial charge >= 0.3 is 0 Å². The quantitative estimate of drug-likeness (QED) is 0.669. The zero-order chi connectivity index (χ0) is 14.2. The van der Waals surface area contributed by atoms with Gasteiger partial charge in [-0.3, -0.25) is 0 Å². The van der Waals surface area contributed by atoms with Gasteiger partial charge in [0.05, 0.1) is 6.61 Å². The van der Waals surface area contributed by atoms with Crippen LogP contribution in [0.5, 0.6) is 5.75 Å². The van der Waals surface area contributed by atoms with Gasteiger partial charge in [-0.15, -0.1) is 0 Å². The van der Waals surface area contributed by atoms with Crippen molar-refractivity contribution < 1.29 is 4.74 Å². The molecule has 0 fully saturated rings. The summed E-state index contributed by atoms with van der Waals surface area (Å²) in [6, 6.07) is 11.6. The molecule has 0 saturated heterocycles. The molecule has 6 heteroatoms. The van der Waals surface area contributed by atoms with E-state index < -0.39 is 0 Å². The van der Waals surface area contributed by atoms with E-state index in [1.807, 2.05) is 36.4 Å². The Kier molecular flexibility index (Phi) is 5.00. The molecule has 0 bridgehead atoms. The van der Waals surface area contributed by atoms with Gasteiger partial charge in [-0.05, 0) is 18.6 Å². The minimum atomic E-state index is 0.250. The summed E-state index contributed by atoms with van der Waals surface area (Å²) in [7, 11) is 1.79. The Bertz CT molecular complexity index is 532. The van der Waals surface area contributed by atoms with E-state index in [0.717, 1.165) is 18.7 Å². The van der Waals surface area contributed by atoms with Crippen molar-refractivity contribution in [3.05, 3.63) is 36.4 Å². The Morgan fingerprint density at radius 3 is 2.65 bits per heavy atom. The van der Waals surface area contributed by atoms with E-state index in [0.29, 0.717) is 18.2 Å². The highest BCUT2D eigenvalue weighted by atomic mass is 16.5. The van der Waals surface area contributed by atoms with Crippen LogP contribution in [-0.4, -0.2) is 30.2 Å². The first-order valence-electron chi connectivity index (χ1n) is 6.52. The van der Waals surface area contributed by atoms with Crippen LogP contribution in [0.25, 0.3) is 0 Å². The fraction of sp³-hybridized carbons (Fsp3) is 0.286. The van der Waals surface area contributed by atoms with Gasteiger partial charge in [0.1, 0.15) is 17.4 Å². The Morgan fingerprint density at radius 2 is 1.90 bits per heavy atom. The molecule has 2 aromatic rings. The highest BCUT2D eigenvalue weighted by Crippen LogP contribution is 2.12. The third-order valence-corrected chi connectivity index (χ3v) is 2.64. The van der Waals surface area contributed by atoms with Gasteiger partial charge in [0, 0.05) is 19.7 Å². The molecule has 0 aliphatic heterocycles. The molecule has 0 unspecified atom stereocenters. The molecule has 20 heavy (non-hydrogen) atoms. The zero-order valence-corrected chi connectivity index (χ0v) is 11.5. The Morgan fingerprint density at radius 1 is 1.15 bits per heavy atom. The lowest BCUT2D eigenvalue weighted by atomic mass is 10.3. The summed E-state index contributed by atoms with van der Waals surface area (Å²) < 4.78 is 5.60. The monoisotopic (exact) mass is 273 g/mol. The summed E-state index contributed by atoms with van der Waals surface area (Å²) in [6.07, 6.45) is 0.869. The van der Waals surface area contributed by atoms with Crippen molar-refractivity contribution >= 4 is 17.6 Å². The van der Waals surface area contributed by atoms with Crippen molar-refractivity contribution in [2.24, 2.45) is 0 Å². The van der Waals surface area contributed by atoms with Crippen molar-refractivity contribution in [1.82, 2.24) is 9.97 Å². The molecule has 0 aliphatic rings. The van der Waals surface area contributed by atoms with E-state index in [9.17, 15) is 0 Å². The van der Waals surface area contributed by atoms with E-state index in [4.69, 9.17) is 10.5 Å². The first-order valence-corrected chi connectivity index (χ1v) is 6.52. The highest BCUT2D eigenvalue weighted by Gasteiger charge is 2.00. The van der Waals surface area contributed by atoms with Crippen molar-refractivity contribution in [2.45, 2.75) is 6.42 Å². The molecular weight excluding hydrogens is 254 g/mol. The molecule has 1 aromatic carbocycles. The van der Waals surface area contributed by atoms with E-state index in [-0.39, 0.29) is 5.95 Å². The van der Waals surface area contributed by atoms with E-state index in [1.54, 1.807) is 7.05 Å². The number of nitrogen functional groups attached to an aromatic ring is 1. The maximum Gasteiger partial charge on any atom is 0.223 e. The normalized spacial score (nSPS) is 10.1. The number of hydrogen-bond donors (Lipinski definition) is 3. The molecule has 106 valence electrons. The predicted molar refractivity (Wildman–Crippen MR) is 81.0 cm³/mol. The van der Waals surface area contributed by atoms with Gasteiger partial charge in [-0.2, -0.15) is 9.97 Å². The van der Waals surface area contributed by atoms with Crippen LogP contribution in [0.3, 0.4) is 0 Å². The second-order valence-corrected chi connectivity index (χ2v) is 4.19. The molecule has 0 aliphatic carbocycles. The number of para-hydroxylation sites is 1. The number of benzene rings is 1. The van der Waals surface area contributed by atoms with Crippen LogP contribution in [-0.2, 0) is 0 Å². The smallest absolute Gasteiger partial charge is 0.223 e. The molecular formula is C14H19N5O. The lowest BCUT2D eigenvalue weighted by molar-refractivity contribution is 0.315. The number of nitrogens with one attached hydrogen (secondary N) is 2. The standard InChI is InChI=1S/C14H19N5O/c1-16-12-10-13(19-14(15)18-12)17-8-5-9-20-11-6-3-2-4-7-11/h2-4,6-7,10H,5,8-9H2,1H3,(H4,15,16,17,18,19). The first-order chi connectivity index (χ1) is 9.78. The third-order valence-electron chi connectivity index (χ3n) is 2.64. The second kappa shape index (κ2) is 7.18. The molecule has 0 saturated carbocycles. The summed E-state index contributed by atoms with van der Waals surface area (Å²) in [5.74, 6) is 2.54. The SMILES string of the molecule is CNc1cc(NCCCOc2ccccc2)nc(N)n1. The van der Waals surface area contributed by atoms with Crippen LogP contribution in [0.2, 0.25) is 0 Å². The summed E-state index contributed by atoms with van der Waals surface area (Å²) >= 11 is 0. The summed E-state index contributed by atoms with van der Waals surface area (Å²) in [6.45, 7) is 1.41. The van der Waals surface area contributed by atoms with Gasteiger partial charge in [-0.25, -0.2) is 0 Å². The Balaban J connectivity index is 1.72. The van der Waals surface area contributed by atoms with E-state index >= 15 is 0 Å². The summed E-state index contributed by atoms with van der Waals surface area (Å²) in [4.78, 5) is 8.14. The number of anilines is 3. The molecule has 2 rings (SSSR count). The number of nitrogens with zero attached hydrogens (tertiary/aromatic N) is 2. The van der Waals surface area contributed by atoms with Crippen molar-refractivity contribution in [3.63, 3.8) is 0 Å². The lowest BCUT2D eigenvalue weighted by Gasteiger charge is -2.09. The van der Waals surface area contributed by atoms with Gasteiger partial charge in [0.15, 0.2) is 0 Å². The Labute approximate surface area is 118 Å². The lowest BCUT2D eigenvalue weighted by Crippen LogP contribution is -2.10. The summed E-state index contributed by atoms with van der Waals surface area (Å²) in [5, 5.41) is 6.13. The fourth-order valence-corrected chi connectivity index (χ4v) is 1.68. The maximum atomic E-state index is 5.61. The van der Waals surface area contributed by atoms with Gasteiger partial charge in [-0.1, -0.05) is 18.2 Å². The molecule has 1 aromatic heterocycles. The average molecular weight is 273 g/mol. The molecule has 6 nitrogen and oxygen atoms in total. The van der Waals surface area contributed by atoms with Crippen LogP contribution in [0.1, 0.15) is 6.42 Å². The molecule has 0 radical (unpaired) electrons. The van der Waals surface area contributed by atoms with Crippen LogP contribution >= 0.6 is 0 Å². The van der Waals surface area contributed by atoms with Crippen LogP contribution in [0, 0.1) is 0 Å². The minimum absolute atomic E-state index is 0.250. The number of hydrogen-bond acceptors (Lipinski definition) is 6. The minimum Gasteiger partial charge on any atom is -0.494 e. The first kappa shape index (κ1) is 13.9. The topological polar surface area (TPSA) is 85.1 Å². The number of aromatic nitrogens is 2. The van der Waals surface area contributed by atoms with Gasteiger partial charge in [0.2, 0.25) is 5.95 Å². The second-order valence-electron chi connectivity index (χ2n) is 4.19. The number of ether oxygens (including phenoxy) is 1. The van der Waals surface area contributed by atoms with Crippen LogP contribution in [0.4, 0.5) is 17.6 Å². The largest absolute Gasteiger partial charge is 0.494 e. The molecule has 0 spiro atoms. The number of rotatable bonds is 7. The van der Waals surface area contributed by atoms with E-state index in [2.05, 4.69) is 20.6 Å². The van der Waals surface area contributed by atoms with Crippen LogP contribution in [0.15, 0.2) is 36.4 Å². The van der Waals surface area contributed by atoms with Gasteiger partial charge in [0.25, 0.3) is 0 Å².